The Hall–Kier alpha value is -5.05. The minimum absolute atomic E-state index is 0.706. The van der Waals surface area contributed by atoms with E-state index in [1.54, 1.807) is 0 Å². The second-order valence-corrected chi connectivity index (χ2v) is 15.4. The van der Waals surface area contributed by atoms with E-state index >= 15 is 0 Å². The van der Waals surface area contributed by atoms with Gasteiger partial charge in [0.15, 0.2) is 23.0 Å². The van der Waals surface area contributed by atoms with Gasteiger partial charge in [0.05, 0.1) is 19.0 Å². The predicted octanol–water partition coefficient (Wildman–Crippen LogP) is 7.52. The molecule has 0 N–H and O–H groups in total. The maximum Gasteiger partial charge on any atom is 0.169 e. The van der Waals surface area contributed by atoms with E-state index in [0.29, 0.717) is 0 Å². The van der Waals surface area contributed by atoms with E-state index in [0.717, 1.165) is 51.7 Å². The molecule has 0 bridgehead atoms. The van der Waals surface area contributed by atoms with E-state index in [2.05, 4.69) is 24.3 Å². The summed E-state index contributed by atoms with van der Waals surface area (Å²) in [5.74, 6) is 6.23. The van der Waals surface area contributed by atoms with Gasteiger partial charge in [-0.2, -0.15) is 0 Å². The summed E-state index contributed by atoms with van der Waals surface area (Å²) in [5, 5.41) is 2.49. The van der Waals surface area contributed by atoms with Crippen LogP contribution in [-0.2, 0) is 0 Å². The second-order valence-electron chi connectivity index (χ2n) is 10.0. The maximum absolute atomic E-state index is 6.48. The average molecular weight is 597 g/mol. The van der Waals surface area contributed by atoms with Crippen molar-refractivity contribution in [3.63, 3.8) is 0 Å². The monoisotopic (exact) mass is 596 g/mol. The fraction of sp³-hybridized carbons (Fsp3) is 0.0270. The van der Waals surface area contributed by atoms with Gasteiger partial charge in [-0.05, 0) is 71.0 Å². The smallest absolute Gasteiger partial charge is 0.169 e. The van der Waals surface area contributed by atoms with Crippen LogP contribution in [0, 0.1) is 0 Å². The number of hydrogen-bond donors (Lipinski definition) is 0. The third-order valence-electron chi connectivity index (χ3n) is 6.88. The Kier molecular flexibility index (Phi) is 9.29. The maximum atomic E-state index is 6.48. The van der Waals surface area contributed by atoms with Crippen LogP contribution in [0.2, 0.25) is 5.67 Å². The van der Waals surface area contributed by atoms with Crippen LogP contribution < -0.4 is 29.3 Å². The molecular formula is C37H32O4Si2. The van der Waals surface area contributed by atoms with Crippen molar-refractivity contribution < 1.29 is 18.9 Å². The van der Waals surface area contributed by atoms with Crippen LogP contribution in [0.25, 0.3) is 0 Å². The van der Waals surface area contributed by atoms with Crippen molar-refractivity contribution in [1.82, 2.24) is 0 Å². The zero-order chi connectivity index (χ0) is 29.1. The largest absolute Gasteiger partial charge is 0.454 e. The Labute approximate surface area is 257 Å². The molecule has 0 heterocycles. The van der Waals surface area contributed by atoms with Crippen LogP contribution in [0.4, 0.5) is 0 Å². The van der Waals surface area contributed by atoms with E-state index in [9.17, 15) is 0 Å². The molecule has 6 rings (SSSR count). The minimum Gasteiger partial charge on any atom is -0.454 e. The van der Waals surface area contributed by atoms with E-state index in [1.807, 2.05) is 133 Å². The summed E-state index contributed by atoms with van der Waals surface area (Å²) in [6.45, 7) is 0. The van der Waals surface area contributed by atoms with Gasteiger partial charge in [-0.3, -0.25) is 0 Å². The molecule has 0 aromatic heterocycles. The Morgan fingerprint density at radius 3 is 1.00 bits per heavy atom. The van der Waals surface area contributed by atoms with Crippen LogP contribution in [0.5, 0.6) is 46.0 Å². The van der Waals surface area contributed by atoms with Gasteiger partial charge in [0.25, 0.3) is 0 Å². The molecule has 0 aliphatic rings. The minimum atomic E-state index is -0.706. The molecule has 0 aliphatic heterocycles. The number of benzene rings is 6. The molecule has 0 saturated carbocycles. The highest BCUT2D eigenvalue weighted by atomic mass is 28.3. The van der Waals surface area contributed by atoms with E-state index < -0.39 is 19.0 Å². The van der Waals surface area contributed by atoms with E-state index in [4.69, 9.17) is 18.9 Å². The number of para-hydroxylation sites is 6. The lowest BCUT2D eigenvalue weighted by molar-refractivity contribution is 0.421. The first-order chi connectivity index (χ1) is 21.3. The van der Waals surface area contributed by atoms with Gasteiger partial charge in [-0.1, -0.05) is 103 Å². The molecule has 43 heavy (non-hydrogen) atoms. The normalized spacial score (nSPS) is 11.2. The third-order valence-corrected chi connectivity index (χ3v) is 11.9. The topological polar surface area (TPSA) is 36.9 Å². The SMILES string of the molecule is c1ccc(Oc2cccc([SiH2]C[SiH2]c3cccc(Oc4ccccc4)c3Oc3ccccc3)c2Oc2ccccc2)cc1. The second kappa shape index (κ2) is 14.2. The zero-order valence-corrected chi connectivity index (χ0v) is 26.6. The van der Waals surface area contributed by atoms with Gasteiger partial charge in [0.2, 0.25) is 0 Å². The van der Waals surface area contributed by atoms with Crippen molar-refractivity contribution in [2.24, 2.45) is 0 Å². The summed E-state index contributed by atoms with van der Waals surface area (Å²) in [7, 11) is -1.41. The summed E-state index contributed by atoms with van der Waals surface area (Å²) in [6, 6.07) is 52.0. The van der Waals surface area contributed by atoms with E-state index in [-0.39, 0.29) is 0 Å². The Morgan fingerprint density at radius 2 is 0.651 bits per heavy atom. The quantitative estimate of drug-likeness (QED) is 0.137. The number of rotatable bonds is 12. The van der Waals surface area contributed by atoms with Crippen LogP contribution in [0.1, 0.15) is 0 Å². The molecule has 6 aromatic rings. The predicted molar refractivity (Wildman–Crippen MR) is 180 cm³/mol. The number of hydrogen-bond acceptors (Lipinski definition) is 4. The standard InChI is InChI=1S/C37H32O4Si2/c1-5-15-28(16-6-1)38-32-23-13-25-34(36(32)40-30-19-9-3-10-20-30)42-27-43-35-26-14-24-33(39-29-17-7-2-8-18-29)37(35)41-31-21-11-4-12-22-31/h1-26H,27,42-43H2. The van der Waals surface area contributed by atoms with Gasteiger partial charge in [0, 0.05) is 0 Å². The molecule has 0 amide bonds. The van der Waals surface area contributed by atoms with Crippen molar-refractivity contribution in [2.75, 3.05) is 0 Å². The molecular weight excluding hydrogens is 565 g/mol. The van der Waals surface area contributed by atoms with Crippen LogP contribution >= 0.6 is 0 Å². The highest BCUT2D eigenvalue weighted by molar-refractivity contribution is 6.72. The Balaban J connectivity index is 1.26. The van der Waals surface area contributed by atoms with Gasteiger partial charge in [-0.15, -0.1) is 0 Å². The van der Waals surface area contributed by atoms with Gasteiger partial charge in [0.1, 0.15) is 23.0 Å². The van der Waals surface area contributed by atoms with Crippen molar-refractivity contribution in [3.8, 4) is 46.0 Å². The summed E-state index contributed by atoms with van der Waals surface area (Å²) in [6.07, 6.45) is 0. The molecule has 0 aliphatic carbocycles. The lowest BCUT2D eigenvalue weighted by Gasteiger charge is -2.17. The first-order valence-corrected chi connectivity index (χ1v) is 17.9. The molecule has 6 aromatic carbocycles. The van der Waals surface area contributed by atoms with Crippen LogP contribution in [-0.4, -0.2) is 19.0 Å². The highest BCUT2D eigenvalue weighted by Crippen LogP contribution is 2.35. The first-order valence-electron chi connectivity index (χ1n) is 14.5. The molecule has 0 saturated heterocycles. The molecule has 0 atom stereocenters. The molecule has 0 unspecified atom stereocenters. The Bertz CT molecular complexity index is 1600. The molecule has 212 valence electrons. The van der Waals surface area contributed by atoms with Crippen molar-refractivity contribution in [3.05, 3.63) is 158 Å². The van der Waals surface area contributed by atoms with Crippen molar-refractivity contribution in [1.29, 1.82) is 0 Å². The summed E-state index contributed by atoms with van der Waals surface area (Å²) < 4.78 is 25.6. The van der Waals surface area contributed by atoms with Crippen LogP contribution in [0.15, 0.2) is 158 Å². The van der Waals surface area contributed by atoms with Gasteiger partial charge in [-0.25, -0.2) is 0 Å². The fourth-order valence-corrected chi connectivity index (χ4v) is 10.1. The van der Waals surface area contributed by atoms with Crippen molar-refractivity contribution >= 4 is 29.4 Å². The van der Waals surface area contributed by atoms with Gasteiger partial charge >= 0.3 is 0 Å². The molecule has 6 heteroatoms. The Morgan fingerprint density at radius 1 is 0.326 bits per heavy atom. The van der Waals surface area contributed by atoms with Crippen LogP contribution in [0.3, 0.4) is 0 Å². The molecule has 4 nitrogen and oxygen atoms in total. The lowest BCUT2D eigenvalue weighted by atomic mass is 10.3. The number of ether oxygens (including phenoxy) is 4. The summed E-state index contributed by atoms with van der Waals surface area (Å²) in [4.78, 5) is 0. The molecule has 0 spiro atoms. The third kappa shape index (κ3) is 7.62. The average Bonchev–Trinajstić information content (AvgIpc) is 3.06. The van der Waals surface area contributed by atoms with Crippen molar-refractivity contribution in [2.45, 2.75) is 5.67 Å². The summed E-state index contributed by atoms with van der Waals surface area (Å²) >= 11 is 0. The fourth-order valence-electron chi connectivity index (χ4n) is 4.82. The highest BCUT2D eigenvalue weighted by Gasteiger charge is 2.17. The molecule has 0 fully saturated rings. The molecule has 0 radical (unpaired) electrons. The van der Waals surface area contributed by atoms with Gasteiger partial charge < -0.3 is 18.9 Å². The summed E-state index contributed by atoms with van der Waals surface area (Å²) in [5.41, 5.74) is 1.14. The first kappa shape index (κ1) is 28.1. The lowest BCUT2D eigenvalue weighted by Crippen LogP contribution is -2.24. The van der Waals surface area contributed by atoms with E-state index in [1.165, 1.54) is 10.4 Å². The zero-order valence-electron chi connectivity index (χ0n) is 23.8.